The van der Waals surface area contributed by atoms with Gasteiger partial charge >= 0.3 is 5.97 Å². The number of esters is 1. The molecule has 2 unspecified atom stereocenters. The van der Waals surface area contributed by atoms with E-state index in [4.69, 9.17) is 4.74 Å². The first kappa shape index (κ1) is 7.53. The van der Waals surface area contributed by atoms with Crippen molar-refractivity contribution in [3.63, 3.8) is 0 Å². The lowest BCUT2D eigenvalue weighted by atomic mass is 9.79. The van der Waals surface area contributed by atoms with Crippen LogP contribution in [0.25, 0.3) is 0 Å². The van der Waals surface area contributed by atoms with Gasteiger partial charge in [0.15, 0.2) is 5.78 Å². The van der Waals surface area contributed by atoms with E-state index in [0.717, 1.165) is 0 Å². The molecule has 1 heterocycles. The Balaban J connectivity index is 2.23. The molecule has 0 radical (unpaired) electrons. The Hall–Kier alpha value is -1.12. The van der Waals surface area contributed by atoms with Gasteiger partial charge in [0.05, 0.1) is 5.92 Å². The van der Waals surface area contributed by atoms with E-state index in [1.54, 1.807) is 0 Å². The number of carbonyl (C=O) groups is 2. The van der Waals surface area contributed by atoms with Crippen LogP contribution < -0.4 is 0 Å². The van der Waals surface area contributed by atoms with Crippen molar-refractivity contribution in [3.8, 4) is 0 Å². The number of carbonyl (C=O) groups excluding carboxylic acids is 2. The van der Waals surface area contributed by atoms with Gasteiger partial charge in [0.2, 0.25) is 0 Å². The summed E-state index contributed by atoms with van der Waals surface area (Å²) in [6.07, 6.45) is 5.28. The van der Waals surface area contributed by atoms with Gasteiger partial charge in [-0.15, -0.1) is 0 Å². The summed E-state index contributed by atoms with van der Waals surface area (Å²) in [6.45, 7) is -0.0200. The molecular formula is C9H10O3. The van der Waals surface area contributed by atoms with E-state index in [0.29, 0.717) is 12.8 Å². The van der Waals surface area contributed by atoms with Gasteiger partial charge in [0, 0.05) is 5.92 Å². The van der Waals surface area contributed by atoms with E-state index in [-0.39, 0.29) is 30.2 Å². The lowest BCUT2D eigenvalue weighted by molar-refractivity contribution is -0.163. The number of ketones is 1. The fourth-order valence-electron chi connectivity index (χ4n) is 1.79. The maximum absolute atomic E-state index is 11.3. The minimum absolute atomic E-state index is 0.0200. The average molecular weight is 166 g/mol. The van der Waals surface area contributed by atoms with Crippen LogP contribution >= 0.6 is 0 Å². The molecule has 0 bridgehead atoms. The van der Waals surface area contributed by atoms with Crippen LogP contribution in [0.2, 0.25) is 0 Å². The zero-order valence-corrected chi connectivity index (χ0v) is 6.66. The molecule has 0 saturated carbocycles. The molecule has 64 valence electrons. The second-order valence-electron chi connectivity index (χ2n) is 3.23. The molecule has 1 saturated heterocycles. The summed E-state index contributed by atoms with van der Waals surface area (Å²) in [4.78, 5) is 22.4. The maximum Gasteiger partial charge on any atom is 0.310 e. The van der Waals surface area contributed by atoms with Gasteiger partial charge in [-0.05, 0) is 12.8 Å². The molecule has 0 N–H and O–H groups in total. The number of hydrogen-bond donors (Lipinski definition) is 0. The smallest absolute Gasteiger partial charge is 0.310 e. The van der Waals surface area contributed by atoms with Crippen molar-refractivity contribution >= 4 is 11.8 Å². The molecule has 0 aromatic rings. The molecule has 0 aromatic carbocycles. The van der Waals surface area contributed by atoms with Gasteiger partial charge in [0.1, 0.15) is 6.61 Å². The summed E-state index contributed by atoms with van der Waals surface area (Å²) < 4.78 is 4.74. The van der Waals surface area contributed by atoms with Crippen molar-refractivity contribution in [3.05, 3.63) is 12.2 Å². The maximum atomic E-state index is 11.3. The number of cyclic esters (lactones) is 1. The van der Waals surface area contributed by atoms with Crippen molar-refractivity contribution in [2.45, 2.75) is 12.8 Å². The quantitative estimate of drug-likeness (QED) is 0.393. The standard InChI is InChI=1S/C9H10O3/c10-8-5-12-9(11)7-4-2-1-3-6(7)8/h1-2,6-7H,3-5H2. The second-order valence-corrected chi connectivity index (χ2v) is 3.23. The van der Waals surface area contributed by atoms with Crippen LogP contribution in [0.4, 0.5) is 0 Å². The van der Waals surface area contributed by atoms with Crippen LogP contribution in [-0.4, -0.2) is 18.4 Å². The van der Waals surface area contributed by atoms with E-state index in [2.05, 4.69) is 0 Å². The zero-order chi connectivity index (χ0) is 8.55. The summed E-state index contributed by atoms with van der Waals surface area (Å²) >= 11 is 0. The number of rotatable bonds is 0. The molecule has 3 nitrogen and oxygen atoms in total. The van der Waals surface area contributed by atoms with Gasteiger partial charge < -0.3 is 4.74 Å². The van der Waals surface area contributed by atoms with E-state index in [1.807, 2.05) is 12.2 Å². The SMILES string of the molecule is O=C1COC(=O)C2CC=CCC12. The molecular weight excluding hydrogens is 156 g/mol. The molecule has 0 aromatic heterocycles. The Kier molecular flexibility index (Phi) is 1.71. The van der Waals surface area contributed by atoms with E-state index < -0.39 is 0 Å². The summed E-state index contributed by atoms with van der Waals surface area (Å²) in [6, 6.07) is 0. The molecule has 2 rings (SSSR count). The Labute approximate surface area is 70.4 Å². The molecule has 1 fully saturated rings. The average Bonchev–Trinajstić information content (AvgIpc) is 2.12. The number of hydrogen-bond acceptors (Lipinski definition) is 3. The highest BCUT2D eigenvalue weighted by Gasteiger charge is 2.39. The van der Waals surface area contributed by atoms with Crippen LogP contribution in [0.15, 0.2) is 12.2 Å². The Morgan fingerprint density at radius 1 is 1.17 bits per heavy atom. The summed E-state index contributed by atoms with van der Waals surface area (Å²) in [5, 5.41) is 0. The number of ether oxygens (including phenoxy) is 1. The van der Waals surface area contributed by atoms with Crippen LogP contribution in [0.5, 0.6) is 0 Å². The fraction of sp³-hybridized carbons (Fsp3) is 0.556. The highest BCUT2D eigenvalue weighted by molar-refractivity contribution is 5.92. The first-order chi connectivity index (χ1) is 5.79. The molecule has 1 aliphatic heterocycles. The van der Waals surface area contributed by atoms with Crippen molar-refractivity contribution in [1.82, 2.24) is 0 Å². The minimum atomic E-state index is -0.205. The molecule has 12 heavy (non-hydrogen) atoms. The van der Waals surface area contributed by atoms with Crippen LogP contribution in [0.1, 0.15) is 12.8 Å². The lowest BCUT2D eigenvalue weighted by Gasteiger charge is -2.29. The molecule has 1 aliphatic carbocycles. The van der Waals surface area contributed by atoms with Crippen molar-refractivity contribution in [2.75, 3.05) is 6.61 Å². The first-order valence-electron chi connectivity index (χ1n) is 4.13. The third kappa shape index (κ3) is 1.05. The molecule has 0 amide bonds. The highest BCUT2D eigenvalue weighted by atomic mass is 16.5. The first-order valence-corrected chi connectivity index (χ1v) is 4.13. The third-order valence-corrected chi connectivity index (χ3v) is 2.51. The normalized spacial score (nSPS) is 34.3. The number of fused-ring (bicyclic) bond motifs is 1. The predicted molar refractivity (Wildman–Crippen MR) is 41.3 cm³/mol. The zero-order valence-electron chi connectivity index (χ0n) is 6.66. The van der Waals surface area contributed by atoms with Crippen LogP contribution in [0.3, 0.4) is 0 Å². The second kappa shape index (κ2) is 2.73. The summed E-state index contributed by atoms with van der Waals surface area (Å²) in [7, 11) is 0. The van der Waals surface area contributed by atoms with Gasteiger partial charge in [-0.25, -0.2) is 0 Å². The monoisotopic (exact) mass is 166 g/mol. The van der Waals surface area contributed by atoms with Crippen molar-refractivity contribution in [1.29, 1.82) is 0 Å². The van der Waals surface area contributed by atoms with E-state index >= 15 is 0 Å². The number of Topliss-reactive ketones (excluding diaryl/α,β-unsaturated/α-hetero) is 1. The number of allylic oxidation sites excluding steroid dienone is 2. The molecule has 2 atom stereocenters. The fourth-order valence-corrected chi connectivity index (χ4v) is 1.79. The predicted octanol–water partition coefficient (Wildman–Crippen LogP) is 0.695. The van der Waals surface area contributed by atoms with Gasteiger partial charge in [-0.2, -0.15) is 0 Å². The third-order valence-electron chi connectivity index (χ3n) is 2.51. The Morgan fingerprint density at radius 3 is 2.50 bits per heavy atom. The largest absolute Gasteiger partial charge is 0.457 e. The van der Waals surface area contributed by atoms with Crippen LogP contribution in [-0.2, 0) is 14.3 Å². The summed E-state index contributed by atoms with van der Waals surface area (Å²) in [5.41, 5.74) is 0. The highest BCUT2D eigenvalue weighted by Crippen LogP contribution is 2.30. The van der Waals surface area contributed by atoms with Gasteiger partial charge in [-0.1, -0.05) is 12.2 Å². The Morgan fingerprint density at radius 2 is 1.83 bits per heavy atom. The van der Waals surface area contributed by atoms with E-state index in [9.17, 15) is 9.59 Å². The summed E-state index contributed by atoms with van der Waals surface area (Å²) in [5.74, 6) is -0.430. The minimum Gasteiger partial charge on any atom is -0.457 e. The Bertz CT molecular complexity index is 228. The molecule has 0 spiro atoms. The van der Waals surface area contributed by atoms with E-state index in [1.165, 1.54) is 0 Å². The topological polar surface area (TPSA) is 43.4 Å². The lowest BCUT2D eigenvalue weighted by Crippen LogP contribution is -2.40. The van der Waals surface area contributed by atoms with Crippen molar-refractivity contribution in [2.24, 2.45) is 11.8 Å². The molecule has 3 heteroatoms. The van der Waals surface area contributed by atoms with Gasteiger partial charge in [0.25, 0.3) is 0 Å². The van der Waals surface area contributed by atoms with Crippen LogP contribution in [0, 0.1) is 11.8 Å². The van der Waals surface area contributed by atoms with Crippen molar-refractivity contribution < 1.29 is 14.3 Å². The van der Waals surface area contributed by atoms with Gasteiger partial charge in [-0.3, -0.25) is 9.59 Å². The molecule has 2 aliphatic rings.